The molecule has 0 aliphatic heterocycles. The van der Waals surface area contributed by atoms with Crippen molar-refractivity contribution >= 4 is 0 Å². The third kappa shape index (κ3) is 2.78. The highest BCUT2D eigenvalue weighted by Crippen LogP contribution is 2.22. The molecule has 1 aromatic carbocycles. The van der Waals surface area contributed by atoms with Gasteiger partial charge in [0.25, 0.3) is 0 Å². The number of aryl methyl sites for hydroxylation is 2. The Bertz CT molecular complexity index is 597. The standard InChI is InChI=1S/C17H25N3/c1-6-16-13(4)19-20(14(16)5)17-9-8-12(3)10-15(17)11-18-7-2/h8-10,18H,6-7,11H2,1-5H3. The first kappa shape index (κ1) is 14.8. The summed E-state index contributed by atoms with van der Waals surface area (Å²) >= 11 is 0. The van der Waals surface area contributed by atoms with Crippen molar-refractivity contribution in [3.05, 3.63) is 46.3 Å². The molecule has 0 atom stereocenters. The molecule has 0 saturated carbocycles. The van der Waals surface area contributed by atoms with Crippen molar-refractivity contribution in [1.29, 1.82) is 0 Å². The van der Waals surface area contributed by atoms with E-state index in [2.05, 4.69) is 62.8 Å². The Morgan fingerprint density at radius 3 is 2.50 bits per heavy atom. The Morgan fingerprint density at radius 1 is 1.15 bits per heavy atom. The minimum atomic E-state index is 0.882. The van der Waals surface area contributed by atoms with Gasteiger partial charge < -0.3 is 5.32 Å². The molecule has 0 fully saturated rings. The highest BCUT2D eigenvalue weighted by atomic mass is 15.3. The maximum absolute atomic E-state index is 4.74. The number of hydrogen-bond donors (Lipinski definition) is 1. The van der Waals surface area contributed by atoms with Crippen molar-refractivity contribution in [2.24, 2.45) is 0 Å². The highest BCUT2D eigenvalue weighted by molar-refractivity contribution is 5.45. The van der Waals surface area contributed by atoms with Crippen LogP contribution in [0.1, 0.15) is 41.9 Å². The van der Waals surface area contributed by atoms with Crippen LogP contribution >= 0.6 is 0 Å². The van der Waals surface area contributed by atoms with Crippen LogP contribution in [0.3, 0.4) is 0 Å². The Morgan fingerprint density at radius 2 is 1.90 bits per heavy atom. The van der Waals surface area contributed by atoms with E-state index >= 15 is 0 Å². The van der Waals surface area contributed by atoms with E-state index < -0.39 is 0 Å². The third-order valence-corrected chi connectivity index (χ3v) is 3.82. The lowest BCUT2D eigenvalue weighted by Gasteiger charge is -2.13. The van der Waals surface area contributed by atoms with E-state index in [1.54, 1.807) is 0 Å². The lowest BCUT2D eigenvalue weighted by Crippen LogP contribution is -2.15. The smallest absolute Gasteiger partial charge is 0.0694 e. The minimum Gasteiger partial charge on any atom is -0.313 e. The Balaban J connectivity index is 2.51. The van der Waals surface area contributed by atoms with Crippen LogP contribution in [0.5, 0.6) is 0 Å². The van der Waals surface area contributed by atoms with Gasteiger partial charge in [-0.1, -0.05) is 31.5 Å². The molecule has 2 rings (SSSR count). The van der Waals surface area contributed by atoms with E-state index in [-0.39, 0.29) is 0 Å². The molecule has 1 N–H and O–H groups in total. The number of hydrogen-bond acceptors (Lipinski definition) is 2. The summed E-state index contributed by atoms with van der Waals surface area (Å²) in [5.41, 5.74) is 7.54. The van der Waals surface area contributed by atoms with E-state index in [9.17, 15) is 0 Å². The molecule has 3 nitrogen and oxygen atoms in total. The molecule has 0 bridgehead atoms. The maximum Gasteiger partial charge on any atom is 0.0694 e. The molecule has 0 aliphatic carbocycles. The summed E-state index contributed by atoms with van der Waals surface area (Å²) in [6, 6.07) is 6.59. The fourth-order valence-corrected chi connectivity index (χ4v) is 2.74. The second-order valence-electron chi connectivity index (χ2n) is 5.33. The first-order valence-electron chi connectivity index (χ1n) is 7.44. The average molecular weight is 271 g/mol. The van der Waals surface area contributed by atoms with Gasteiger partial charge in [-0.3, -0.25) is 0 Å². The first-order chi connectivity index (χ1) is 9.58. The Labute approximate surface area is 122 Å². The summed E-state index contributed by atoms with van der Waals surface area (Å²) in [4.78, 5) is 0. The van der Waals surface area contributed by atoms with Crippen molar-refractivity contribution in [1.82, 2.24) is 15.1 Å². The van der Waals surface area contributed by atoms with Crippen LogP contribution in [0.4, 0.5) is 0 Å². The fourth-order valence-electron chi connectivity index (χ4n) is 2.74. The van der Waals surface area contributed by atoms with Gasteiger partial charge in [-0.15, -0.1) is 0 Å². The number of nitrogens with one attached hydrogen (secondary N) is 1. The molecule has 1 aromatic heterocycles. The van der Waals surface area contributed by atoms with Crippen LogP contribution in [-0.4, -0.2) is 16.3 Å². The monoisotopic (exact) mass is 271 g/mol. The Hall–Kier alpha value is -1.61. The third-order valence-electron chi connectivity index (χ3n) is 3.82. The number of rotatable bonds is 5. The van der Waals surface area contributed by atoms with Crippen LogP contribution in [0.25, 0.3) is 5.69 Å². The van der Waals surface area contributed by atoms with Crippen molar-refractivity contribution in [2.45, 2.75) is 47.6 Å². The molecule has 0 saturated heterocycles. The van der Waals surface area contributed by atoms with Crippen molar-refractivity contribution in [3.63, 3.8) is 0 Å². The summed E-state index contributed by atoms with van der Waals surface area (Å²) in [6.45, 7) is 12.6. The Kier molecular flexibility index (Phi) is 4.61. The molecule has 0 spiro atoms. The predicted molar refractivity (Wildman–Crippen MR) is 84.5 cm³/mol. The summed E-state index contributed by atoms with van der Waals surface area (Å²) in [5.74, 6) is 0. The van der Waals surface area contributed by atoms with Crippen molar-refractivity contribution < 1.29 is 0 Å². The molecule has 0 radical (unpaired) electrons. The summed E-state index contributed by atoms with van der Waals surface area (Å²) in [7, 11) is 0. The zero-order valence-electron chi connectivity index (χ0n) is 13.2. The van der Waals surface area contributed by atoms with Crippen LogP contribution in [-0.2, 0) is 13.0 Å². The van der Waals surface area contributed by atoms with E-state index in [1.165, 1.54) is 28.1 Å². The number of benzene rings is 1. The van der Waals surface area contributed by atoms with Gasteiger partial charge in [0.1, 0.15) is 0 Å². The number of aromatic nitrogens is 2. The molecule has 3 heteroatoms. The maximum atomic E-state index is 4.74. The van der Waals surface area contributed by atoms with Gasteiger partial charge in [0, 0.05) is 12.2 Å². The van der Waals surface area contributed by atoms with E-state index in [4.69, 9.17) is 5.10 Å². The molecule has 0 unspecified atom stereocenters. The van der Waals surface area contributed by atoms with Gasteiger partial charge in [0.15, 0.2) is 0 Å². The largest absolute Gasteiger partial charge is 0.313 e. The molecule has 108 valence electrons. The van der Waals surface area contributed by atoms with E-state index in [0.717, 1.165) is 25.2 Å². The van der Waals surface area contributed by atoms with Crippen molar-refractivity contribution in [2.75, 3.05) is 6.54 Å². The first-order valence-corrected chi connectivity index (χ1v) is 7.44. The van der Waals surface area contributed by atoms with Crippen LogP contribution in [0.15, 0.2) is 18.2 Å². The van der Waals surface area contributed by atoms with Gasteiger partial charge >= 0.3 is 0 Å². The summed E-state index contributed by atoms with van der Waals surface area (Å²) in [6.07, 6.45) is 1.03. The summed E-state index contributed by atoms with van der Waals surface area (Å²) in [5, 5.41) is 8.15. The highest BCUT2D eigenvalue weighted by Gasteiger charge is 2.13. The van der Waals surface area contributed by atoms with Gasteiger partial charge in [-0.2, -0.15) is 5.10 Å². The molecule has 2 aromatic rings. The zero-order chi connectivity index (χ0) is 14.7. The zero-order valence-corrected chi connectivity index (χ0v) is 13.2. The molecule has 0 amide bonds. The molecule has 20 heavy (non-hydrogen) atoms. The predicted octanol–water partition coefficient (Wildman–Crippen LogP) is 3.47. The SMILES string of the molecule is CCNCc1cc(C)ccc1-n1nc(C)c(CC)c1C. The van der Waals surface area contributed by atoms with Crippen LogP contribution in [0, 0.1) is 20.8 Å². The van der Waals surface area contributed by atoms with E-state index in [0.29, 0.717) is 0 Å². The van der Waals surface area contributed by atoms with Gasteiger partial charge in [-0.05, 0) is 50.9 Å². The quantitative estimate of drug-likeness (QED) is 0.902. The number of nitrogens with zero attached hydrogens (tertiary/aromatic N) is 2. The summed E-state index contributed by atoms with van der Waals surface area (Å²) < 4.78 is 2.10. The second kappa shape index (κ2) is 6.23. The van der Waals surface area contributed by atoms with Gasteiger partial charge in [0.2, 0.25) is 0 Å². The lowest BCUT2D eigenvalue weighted by molar-refractivity contribution is 0.713. The van der Waals surface area contributed by atoms with Crippen LogP contribution < -0.4 is 5.32 Å². The minimum absolute atomic E-state index is 0.882. The topological polar surface area (TPSA) is 29.9 Å². The molecule has 0 aliphatic rings. The van der Waals surface area contributed by atoms with Gasteiger partial charge in [-0.25, -0.2) is 4.68 Å². The fraction of sp³-hybridized carbons (Fsp3) is 0.471. The molecular weight excluding hydrogens is 246 g/mol. The normalized spacial score (nSPS) is 11.1. The molecule has 1 heterocycles. The molecular formula is C17H25N3. The average Bonchev–Trinajstić information content (AvgIpc) is 2.71. The van der Waals surface area contributed by atoms with E-state index in [1.807, 2.05) is 0 Å². The van der Waals surface area contributed by atoms with Gasteiger partial charge in [0.05, 0.1) is 11.4 Å². The lowest BCUT2D eigenvalue weighted by atomic mass is 10.1. The van der Waals surface area contributed by atoms with Crippen molar-refractivity contribution in [3.8, 4) is 5.69 Å². The van der Waals surface area contributed by atoms with Crippen LogP contribution in [0.2, 0.25) is 0 Å². The second-order valence-corrected chi connectivity index (χ2v) is 5.33.